The van der Waals surface area contributed by atoms with Crippen molar-refractivity contribution in [2.24, 2.45) is 0 Å². The molecule has 26 heavy (non-hydrogen) atoms. The summed E-state index contributed by atoms with van der Waals surface area (Å²) in [5, 5.41) is 21.9. The van der Waals surface area contributed by atoms with E-state index in [0.29, 0.717) is 30.3 Å². The first kappa shape index (κ1) is 16.9. The Morgan fingerprint density at radius 2 is 1.69 bits per heavy atom. The van der Waals surface area contributed by atoms with Gasteiger partial charge in [-0.15, -0.1) is 0 Å². The lowest BCUT2D eigenvalue weighted by atomic mass is 9.96. The SMILES string of the molecule is O=S(=O)(c1ccccc1)N1CCCC1c1c(O)ccc2ccc(O)cc12. The molecule has 3 aromatic rings. The number of rotatable bonds is 3. The Morgan fingerprint density at radius 3 is 2.46 bits per heavy atom. The summed E-state index contributed by atoms with van der Waals surface area (Å²) >= 11 is 0. The average Bonchev–Trinajstić information content (AvgIpc) is 3.12. The van der Waals surface area contributed by atoms with E-state index in [0.717, 1.165) is 5.39 Å². The molecule has 0 amide bonds. The van der Waals surface area contributed by atoms with E-state index in [1.54, 1.807) is 60.7 Å². The highest BCUT2D eigenvalue weighted by atomic mass is 32.2. The van der Waals surface area contributed by atoms with E-state index in [1.807, 2.05) is 0 Å². The van der Waals surface area contributed by atoms with E-state index in [1.165, 1.54) is 4.31 Å². The van der Waals surface area contributed by atoms with Crippen LogP contribution in [0.2, 0.25) is 0 Å². The molecule has 2 N–H and O–H groups in total. The zero-order valence-electron chi connectivity index (χ0n) is 14.0. The van der Waals surface area contributed by atoms with Crippen molar-refractivity contribution in [3.05, 3.63) is 66.2 Å². The Bertz CT molecular complexity index is 1060. The Hall–Kier alpha value is -2.57. The van der Waals surface area contributed by atoms with Gasteiger partial charge in [0.1, 0.15) is 11.5 Å². The molecule has 5 nitrogen and oxygen atoms in total. The molecule has 1 heterocycles. The molecule has 1 aliphatic heterocycles. The first-order valence-corrected chi connectivity index (χ1v) is 9.94. The molecule has 1 unspecified atom stereocenters. The fourth-order valence-corrected chi connectivity index (χ4v) is 5.40. The van der Waals surface area contributed by atoms with Gasteiger partial charge in [0.2, 0.25) is 10.0 Å². The van der Waals surface area contributed by atoms with Gasteiger partial charge in [0.15, 0.2) is 0 Å². The minimum atomic E-state index is -3.67. The molecular formula is C20H19NO4S. The molecule has 1 saturated heterocycles. The number of hydrogen-bond donors (Lipinski definition) is 2. The summed E-state index contributed by atoms with van der Waals surface area (Å²) in [5.41, 5.74) is 0.551. The quantitative estimate of drug-likeness (QED) is 0.737. The van der Waals surface area contributed by atoms with Crippen LogP contribution in [0.1, 0.15) is 24.4 Å². The highest BCUT2D eigenvalue weighted by molar-refractivity contribution is 7.89. The maximum Gasteiger partial charge on any atom is 0.243 e. The molecule has 4 rings (SSSR count). The van der Waals surface area contributed by atoms with Crippen molar-refractivity contribution < 1.29 is 18.6 Å². The highest BCUT2D eigenvalue weighted by Crippen LogP contribution is 2.43. The molecule has 1 aliphatic rings. The van der Waals surface area contributed by atoms with Gasteiger partial charge in [-0.05, 0) is 53.9 Å². The van der Waals surface area contributed by atoms with Crippen molar-refractivity contribution in [2.75, 3.05) is 6.54 Å². The van der Waals surface area contributed by atoms with Crippen LogP contribution in [0, 0.1) is 0 Å². The van der Waals surface area contributed by atoms with Crippen molar-refractivity contribution in [2.45, 2.75) is 23.8 Å². The summed E-state index contributed by atoms with van der Waals surface area (Å²) in [6.45, 7) is 0.399. The number of nitrogens with zero attached hydrogens (tertiary/aromatic N) is 1. The lowest BCUT2D eigenvalue weighted by Crippen LogP contribution is -2.30. The summed E-state index contributed by atoms with van der Waals surface area (Å²) < 4.78 is 27.7. The first-order chi connectivity index (χ1) is 12.5. The monoisotopic (exact) mass is 369 g/mol. The van der Waals surface area contributed by atoms with Gasteiger partial charge in [0.25, 0.3) is 0 Å². The number of benzene rings is 3. The van der Waals surface area contributed by atoms with Crippen LogP contribution in [0.15, 0.2) is 65.6 Å². The smallest absolute Gasteiger partial charge is 0.243 e. The third-order valence-electron chi connectivity index (χ3n) is 4.91. The van der Waals surface area contributed by atoms with Crippen LogP contribution in [0.5, 0.6) is 11.5 Å². The average molecular weight is 369 g/mol. The van der Waals surface area contributed by atoms with Gasteiger partial charge >= 0.3 is 0 Å². The van der Waals surface area contributed by atoms with E-state index in [4.69, 9.17) is 0 Å². The van der Waals surface area contributed by atoms with Gasteiger partial charge < -0.3 is 10.2 Å². The molecule has 0 aliphatic carbocycles. The van der Waals surface area contributed by atoms with Crippen molar-refractivity contribution in [3.8, 4) is 11.5 Å². The molecule has 0 aromatic heterocycles. The number of hydrogen-bond acceptors (Lipinski definition) is 4. The Morgan fingerprint density at radius 1 is 0.962 bits per heavy atom. The topological polar surface area (TPSA) is 77.8 Å². The fourth-order valence-electron chi connectivity index (χ4n) is 3.71. The van der Waals surface area contributed by atoms with Crippen LogP contribution in [-0.2, 0) is 10.0 Å². The molecule has 1 fully saturated rings. The van der Waals surface area contributed by atoms with Crippen LogP contribution in [0.3, 0.4) is 0 Å². The predicted octanol–water partition coefficient (Wildman–Crippen LogP) is 3.78. The van der Waals surface area contributed by atoms with Gasteiger partial charge in [-0.3, -0.25) is 0 Å². The van der Waals surface area contributed by atoms with Gasteiger partial charge in [-0.2, -0.15) is 4.31 Å². The largest absolute Gasteiger partial charge is 0.508 e. The molecule has 0 radical (unpaired) electrons. The van der Waals surface area contributed by atoms with Gasteiger partial charge in [0, 0.05) is 12.1 Å². The van der Waals surface area contributed by atoms with Gasteiger partial charge in [0.05, 0.1) is 10.9 Å². The summed E-state index contributed by atoms with van der Waals surface area (Å²) in [4.78, 5) is 0.245. The lowest BCUT2D eigenvalue weighted by Gasteiger charge is -2.26. The van der Waals surface area contributed by atoms with Crippen molar-refractivity contribution in [1.82, 2.24) is 4.31 Å². The van der Waals surface area contributed by atoms with E-state index >= 15 is 0 Å². The maximum atomic E-state index is 13.1. The zero-order chi connectivity index (χ0) is 18.3. The number of sulfonamides is 1. The second-order valence-electron chi connectivity index (χ2n) is 6.49. The number of phenolic OH excluding ortho intramolecular Hbond substituents is 2. The summed E-state index contributed by atoms with van der Waals surface area (Å²) in [6, 6.07) is 16.1. The molecular weight excluding hydrogens is 350 g/mol. The third-order valence-corrected chi connectivity index (χ3v) is 6.83. The van der Waals surface area contributed by atoms with Crippen LogP contribution in [0.25, 0.3) is 10.8 Å². The minimum absolute atomic E-state index is 0.0447. The zero-order valence-corrected chi connectivity index (χ0v) is 14.9. The summed E-state index contributed by atoms with van der Waals surface area (Å²) in [7, 11) is -3.67. The number of aromatic hydroxyl groups is 2. The second kappa shape index (κ2) is 6.30. The van der Waals surface area contributed by atoms with E-state index in [2.05, 4.69) is 0 Å². The van der Waals surface area contributed by atoms with Crippen LogP contribution >= 0.6 is 0 Å². The Balaban J connectivity index is 1.87. The molecule has 0 bridgehead atoms. The Kier molecular flexibility index (Phi) is 4.09. The summed E-state index contributed by atoms with van der Waals surface area (Å²) in [6.07, 6.45) is 1.33. The van der Waals surface area contributed by atoms with E-state index < -0.39 is 16.1 Å². The minimum Gasteiger partial charge on any atom is -0.508 e. The predicted molar refractivity (Wildman–Crippen MR) is 99.6 cm³/mol. The molecule has 3 aromatic carbocycles. The van der Waals surface area contributed by atoms with Crippen LogP contribution in [0.4, 0.5) is 0 Å². The first-order valence-electron chi connectivity index (χ1n) is 8.50. The number of fused-ring (bicyclic) bond motifs is 1. The van der Waals surface area contributed by atoms with Crippen LogP contribution < -0.4 is 0 Å². The molecule has 0 saturated carbocycles. The fraction of sp³-hybridized carbons (Fsp3) is 0.200. The lowest BCUT2D eigenvalue weighted by molar-refractivity contribution is 0.382. The molecule has 6 heteroatoms. The van der Waals surface area contributed by atoms with E-state index in [9.17, 15) is 18.6 Å². The third kappa shape index (κ3) is 2.71. The van der Waals surface area contributed by atoms with Gasteiger partial charge in [-0.25, -0.2) is 8.42 Å². The van der Waals surface area contributed by atoms with Crippen LogP contribution in [-0.4, -0.2) is 29.5 Å². The second-order valence-corrected chi connectivity index (χ2v) is 8.38. The molecule has 134 valence electrons. The Labute approximate surface area is 152 Å². The molecule has 0 spiro atoms. The normalized spacial score (nSPS) is 18.4. The summed E-state index contributed by atoms with van der Waals surface area (Å²) in [5.74, 6) is 0.128. The van der Waals surface area contributed by atoms with E-state index in [-0.39, 0.29) is 16.4 Å². The van der Waals surface area contributed by atoms with Gasteiger partial charge in [-0.1, -0.05) is 30.3 Å². The van der Waals surface area contributed by atoms with Crippen molar-refractivity contribution in [3.63, 3.8) is 0 Å². The maximum absolute atomic E-state index is 13.1. The van der Waals surface area contributed by atoms with Crippen molar-refractivity contribution >= 4 is 20.8 Å². The van der Waals surface area contributed by atoms with Crippen molar-refractivity contribution in [1.29, 1.82) is 0 Å². The standard InChI is InChI=1S/C20H19NO4S/c22-15-10-8-14-9-11-19(23)20(17(14)13-15)18-7-4-12-21(18)26(24,25)16-5-2-1-3-6-16/h1-3,5-6,8-11,13,18,22-23H,4,7,12H2. The number of phenols is 2. The highest BCUT2D eigenvalue weighted by Gasteiger charge is 2.38. The molecule has 1 atom stereocenters.